The molecule has 0 unspecified atom stereocenters. The van der Waals surface area contributed by atoms with E-state index in [4.69, 9.17) is 0 Å². The van der Waals surface area contributed by atoms with Crippen LogP contribution in [-0.4, -0.2) is 4.57 Å². The smallest absolute Gasteiger partial charge is 0.0492 e. The van der Waals surface area contributed by atoms with E-state index in [9.17, 15) is 0 Å². The Morgan fingerprint density at radius 1 is 1.00 bits per heavy atom. The summed E-state index contributed by atoms with van der Waals surface area (Å²) in [6.07, 6.45) is 2.45. The van der Waals surface area contributed by atoms with Crippen molar-refractivity contribution < 1.29 is 0 Å². The molecule has 19 heavy (non-hydrogen) atoms. The van der Waals surface area contributed by atoms with Gasteiger partial charge in [0.1, 0.15) is 0 Å². The van der Waals surface area contributed by atoms with Crippen LogP contribution in [0.25, 0.3) is 21.8 Å². The first kappa shape index (κ1) is 12.7. The molecule has 1 heterocycles. The highest BCUT2D eigenvalue weighted by molar-refractivity contribution is 9.10. The largest absolute Gasteiger partial charge is 0.340 e. The molecule has 1 aromatic heterocycles. The van der Waals surface area contributed by atoms with Crippen LogP contribution in [-0.2, 0) is 6.54 Å². The fourth-order valence-corrected chi connectivity index (χ4v) is 3.11. The van der Waals surface area contributed by atoms with Crippen LogP contribution in [0.3, 0.4) is 0 Å². The Morgan fingerprint density at radius 2 is 1.68 bits per heavy atom. The SMILES string of the molecule is CCCCn1c2ccc(C)cc2c2cc(Br)ccc21. The molecule has 2 aromatic carbocycles. The highest BCUT2D eigenvalue weighted by Crippen LogP contribution is 2.32. The molecule has 2 heteroatoms. The average molecular weight is 316 g/mol. The van der Waals surface area contributed by atoms with E-state index in [0.29, 0.717) is 0 Å². The maximum absolute atomic E-state index is 3.59. The van der Waals surface area contributed by atoms with Crippen LogP contribution in [0.15, 0.2) is 40.9 Å². The first-order valence-corrected chi connectivity index (χ1v) is 7.68. The van der Waals surface area contributed by atoms with Crippen molar-refractivity contribution in [3.05, 3.63) is 46.4 Å². The van der Waals surface area contributed by atoms with Crippen molar-refractivity contribution in [3.8, 4) is 0 Å². The van der Waals surface area contributed by atoms with Gasteiger partial charge in [-0.3, -0.25) is 0 Å². The summed E-state index contributed by atoms with van der Waals surface area (Å²) < 4.78 is 3.61. The molecular weight excluding hydrogens is 298 g/mol. The second-order valence-corrected chi connectivity index (χ2v) is 6.10. The number of aryl methyl sites for hydroxylation is 2. The van der Waals surface area contributed by atoms with Crippen molar-refractivity contribution >= 4 is 37.7 Å². The number of benzene rings is 2. The van der Waals surface area contributed by atoms with E-state index in [1.807, 2.05) is 0 Å². The van der Waals surface area contributed by atoms with E-state index in [1.54, 1.807) is 0 Å². The third kappa shape index (κ3) is 2.18. The molecular formula is C17H18BrN. The standard InChI is InChI=1S/C17H18BrN/c1-3-4-9-19-16-7-5-12(2)10-14(16)15-11-13(18)6-8-17(15)19/h5-8,10-11H,3-4,9H2,1-2H3. The lowest BCUT2D eigenvalue weighted by Crippen LogP contribution is -1.96. The van der Waals surface area contributed by atoms with Crippen molar-refractivity contribution in [2.24, 2.45) is 0 Å². The second kappa shape index (κ2) is 5.01. The quantitative estimate of drug-likeness (QED) is 0.587. The zero-order valence-electron chi connectivity index (χ0n) is 11.4. The number of rotatable bonds is 3. The number of unbranched alkanes of at least 4 members (excludes halogenated alkanes) is 1. The fraction of sp³-hybridized carbons (Fsp3) is 0.294. The van der Waals surface area contributed by atoms with Gasteiger partial charge in [-0.05, 0) is 43.7 Å². The summed E-state index contributed by atoms with van der Waals surface area (Å²) in [6.45, 7) is 5.50. The fourth-order valence-electron chi connectivity index (χ4n) is 2.75. The Morgan fingerprint density at radius 3 is 2.42 bits per heavy atom. The third-order valence-corrected chi connectivity index (χ3v) is 4.21. The van der Waals surface area contributed by atoms with Gasteiger partial charge in [-0.2, -0.15) is 0 Å². The van der Waals surface area contributed by atoms with Crippen LogP contribution < -0.4 is 0 Å². The Bertz CT molecular complexity index is 680. The zero-order valence-corrected chi connectivity index (χ0v) is 13.0. The van der Waals surface area contributed by atoms with Crippen LogP contribution in [0.1, 0.15) is 25.3 Å². The van der Waals surface area contributed by atoms with Gasteiger partial charge < -0.3 is 4.57 Å². The minimum atomic E-state index is 1.10. The maximum atomic E-state index is 3.59. The van der Waals surface area contributed by atoms with E-state index in [2.05, 4.69) is 70.7 Å². The number of hydrogen-bond donors (Lipinski definition) is 0. The van der Waals surface area contributed by atoms with Gasteiger partial charge in [0.25, 0.3) is 0 Å². The van der Waals surface area contributed by atoms with Gasteiger partial charge in [-0.25, -0.2) is 0 Å². The Kier molecular flexibility index (Phi) is 3.36. The Balaban J connectivity index is 2.36. The first-order chi connectivity index (χ1) is 9.20. The molecule has 0 N–H and O–H groups in total. The first-order valence-electron chi connectivity index (χ1n) is 6.89. The molecule has 0 saturated heterocycles. The van der Waals surface area contributed by atoms with E-state index in [1.165, 1.54) is 40.2 Å². The molecule has 0 atom stereocenters. The van der Waals surface area contributed by atoms with Gasteiger partial charge in [-0.1, -0.05) is 40.9 Å². The van der Waals surface area contributed by atoms with Crippen molar-refractivity contribution in [1.29, 1.82) is 0 Å². The number of aromatic nitrogens is 1. The minimum Gasteiger partial charge on any atom is -0.340 e. The van der Waals surface area contributed by atoms with Gasteiger partial charge in [0.15, 0.2) is 0 Å². The number of hydrogen-bond acceptors (Lipinski definition) is 0. The summed E-state index contributed by atoms with van der Waals surface area (Å²) in [4.78, 5) is 0. The lowest BCUT2D eigenvalue weighted by atomic mass is 10.1. The lowest BCUT2D eigenvalue weighted by Gasteiger charge is -2.06. The molecule has 0 radical (unpaired) electrons. The van der Waals surface area contributed by atoms with Crippen LogP contribution in [0.4, 0.5) is 0 Å². The molecule has 0 fully saturated rings. The van der Waals surface area contributed by atoms with Crippen molar-refractivity contribution in [2.75, 3.05) is 0 Å². The minimum absolute atomic E-state index is 1.10. The molecule has 0 amide bonds. The number of halogens is 1. The average Bonchev–Trinajstić information content (AvgIpc) is 2.69. The molecule has 0 aliphatic heterocycles. The molecule has 0 bridgehead atoms. The predicted octanol–water partition coefficient (Wildman–Crippen LogP) is 5.67. The summed E-state index contributed by atoms with van der Waals surface area (Å²) in [5.41, 5.74) is 4.02. The lowest BCUT2D eigenvalue weighted by molar-refractivity contribution is 0.665. The molecule has 0 spiro atoms. The third-order valence-electron chi connectivity index (χ3n) is 3.72. The molecule has 3 aromatic rings. The van der Waals surface area contributed by atoms with Gasteiger partial charge in [0.05, 0.1) is 0 Å². The topological polar surface area (TPSA) is 4.93 Å². The molecule has 3 rings (SSSR count). The zero-order chi connectivity index (χ0) is 13.4. The molecule has 98 valence electrons. The van der Waals surface area contributed by atoms with Crippen molar-refractivity contribution in [2.45, 2.75) is 33.2 Å². The van der Waals surface area contributed by atoms with Gasteiger partial charge in [-0.15, -0.1) is 0 Å². The molecule has 0 aliphatic rings. The Labute approximate surface area is 122 Å². The van der Waals surface area contributed by atoms with Gasteiger partial charge in [0.2, 0.25) is 0 Å². The van der Waals surface area contributed by atoms with E-state index in [0.717, 1.165) is 11.0 Å². The predicted molar refractivity (Wildman–Crippen MR) is 86.8 cm³/mol. The number of fused-ring (bicyclic) bond motifs is 3. The monoisotopic (exact) mass is 315 g/mol. The molecule has 0 aliphatic carbocycles. The van der Waals surface area contributed by atoms with Crippen LogP contribution in [0, 0.1) is 6.92 Å². The summed E-state index contributed by atoms with van der Waals surface area (Å²) in [7, 11) is 0. The Hall–Kier alpha value is -1.28. The van der Waals surface area contributed by atoms with E-state index >= 15 is 0 Å². The second-order valence-electron chi connectivity index (χ2n) is 5.19. The maximum Gasteiger partial charge on any atom is 0.0492 e. The highest BCUT2D eigenvalue weighted by atomic mass is 79.9. The van der Waals surface area contributed by atoms with Crippen LogP contribution >= 0.6 is 15.9 Å². The summed E-state index contributed by atoms with van der Waals surface area (Å²) in [6, 6.07) is 13.4. The van der Waals surface area contributed by atoms with Crippen molar-refractivity contribution in [3.63, 3.8) is 0 Å². The highest BCUT2D eigenvalue weighted by Gasteiger charge is 2.10. The van der Waals surface area contributed by atoms with E-state index < -0.39 is 0 Å². The van der Waals surface area contributed by atoms with Crippen LogP contribution in [0.2, 0.25) is 0 Å². The van der Waals surface area contributed by atoms with E-state index in [-0.39, 0.29) is 0 Å². The molecule has 1 nitrogen and oxygen atoms in total. The number of nitrogens with zero attached hydrogens (tertiary/aromatic N) is 1. The van der Waals surface area contributed by atoms with Crippen molar-refractivity contribution in [1.82, 2.24) is 4.57 Å². The summed E-state index contributed by atoms with van der Waals surface area (Å²) in [5, 5.41) is 2.72. The molecule has 0 saturated carbocycles. The van der Waals surface area contributed by atoms with Gasteiger partial charge in [0, 0.05) is 32.8 Å². The van der Waals surface area contributed by atoms with Crippen LogP contribution in [0.5, 0.6) is 0 Å². The normalized spacial score (nSPS) is 11.5. The van der Waals surface area contributed by atoms with Gasteiger partial charge >= 0.3 is 0 Å². The summed E-state index contributed by atoms with van der Waals surface area (Å²) in [5.74, 6) is 0. The summed E-state index contributed by atoms with van der Waals surface area (Å²) >= 11 is 3.59.